The Morgan fingerprint density at radius 1 is 1.14 bits per heavy atom. The van der Waals surface area contributed by atoms with E-state index in [4.69, 9.17) is 0 Å². The van der Waals surface area contributed by atoms with E-state index in [-0.39, 0.29) is 0 Å². The molecule has 3 aromatic rings. The first-order chi connectivity index (χ1) is 10.7. The Labute approximate surface area is 146 Å². The average molecular weight is 392 g/mol. The largest absolute Gasteiger partial charge is 0.330 e. The molecule has 3 rings (SSSR count). The first kappa shape index (κ1) is 15.5. The lowest BCUT2D eigenvalue weighted by Gasteiger charge is -2.01. The summed E-state index contributed by atoms with van der Waals surface area (Å²) in [6.07, 6.45) is 0. The predicted molar refractivity (Wildman–Crippen MR) is 98.1 cm³/mol. The molecule has 1 N–H and O–H groups in total. The van der Waals surface area contributed by atoms with Gasteiger partial charge < -0.3 is 5.32 Å². The number of hydrogen-bond donors (Lipinski definition) is 1. The highest BCUT2D eigenvalue weighted by molar-refractivity contribution is 9.10. The van der Waals surface area contributed by atoms with Crippen LogP contribution in [0.2, 0.25) is 0 Å². The van der Waals surface area contributed by atoms with Gasteiger partial charge in [-0.1, -0.05) is 68.9 Å². The van der Waals surface area contributed by atoms with Crippen molar-refractivity contribution in [2.75, 3.05) is 5.32 Å². The van der Waals surface area contributed by atoms with Crippen LogP contribution >= 0.6 is 39.0 Å². The smallest absolute Gasteiger partial charge is 0.210 e. The van der Waals surface area contributed by atoms with Crippen LogP contribution in [0, 0.1) is 6.92 Å². The van der Waals surface area contributed by atoms with E-state index in [0.29, 0.717) is 0 Å². The molecule has 1 aromatic heterocycles. The van der Waals surface area contributed by atoms with Crippen molar-refractivity contribution in [2.45, 2.75) is 17.0 Å². The summed E-state index contributed by atoms with van der Waals surface area (Å²) in [4.78, 5) is 0. The highest BCUT2D eigenvalue weighted by atomic mass is 79.9. The van der Waals surface area contributed by atoms with Crippen LogP contribution in [0.1, 0.15) is 11.1 Å². The van der Waals surface area contributed by atoms with Crippen LogP contribution in [0.15, 0.2) is 57.3 Å². The molecule has 0 aliphatic rings. The van der Waals surface area contributed by atoms with Gasteiger partial charge in [-0.3, -0.25) is 0 Å². The summed E-state index contributed by atoms with van der Waals surface area (Å²) in [5.74, 6) is 0.888. The quantitative estimate of drug-likeness (QED) is 0.570. The number of thioether (sulfide) groups is 1. The molecule has 0 bridgehead atoms. The summed E-state index contributed by atoms with van der Waals surface area (Å²) in [6.45, 7) is 2.07. The van der Waals surface area contributed by atoms with E-state index < -0.39 is 0 Å². The lowest BCUT2D eigenvalue weighted by molar-refractivity contribution is 1.01. The number of rotatable bonds is 5. The van der Waals surface area contributed by atoms with Crippen LogP contribution in [-0.2, 0) is 5.75 Å². The fraction of sp³-hybridized carbons (Fsp3) is 0.125. The van der Waals surface area contributed by atoms with Gasteiger partial charge in [0, 0.05) is 15.9 Å². The van der Waals surface area contributed by atoms with Crippen LogP contribution in [0.4, 0.5) is 10.8 Å². The zero-order valence-corrected chi connectivity index (χ0v) is 15.1. The molecule has 112 valence electrons. The maximum atomic E-state index is 4.22. The molecule has 1 heterocycles. The van der Waals surface area contributed by atoms with E-state index in [1.54, 1.807) is 23.1 Å². The zero-order chi connectivity index (χ0) is 15.4. The minimum atomic E-state index is 0.820. The van der Waals surface area contributed by atoms with Crippen molar-refractivity contribution in [3.63, 3.8) is 0 Å². The minimum absolute atomic E-state index is 0.820. The van der Waals surface area contributed by atoms with E-state index >= 15 is 0 Å². The molecule has 22 heavy (non-hydrogen) atoms. The number of halogens is 1. The molecule has 2 aromatic carbocycles. The van der Waals surface area contributed by atoms with Crippen molar-refractivity contribution in [3.05, 3.63) is 64.1 Å². The number of anilines is 2. The monoisotopic (exact) mass is 391 g/mol. The molecule has 3 nitrogen and oxygen atoms in total. The fourth-order valence-electron chi connectivity index (χ4n) is 1.85. The first-order valence-electron chi connectivity index (χ1n) is 6.73. The predicted octanol–water partition coefficient (Wildman–Crippen LogP) is 5.64. The second-order valence-corrected chi connectivity index (χ2v) is 7.90. The third-order valence-electron chi connectivity index (χ3n) is 2.96. The van der Waals surface area contributed by atoms with Gasteiger partial charge in [-0.25, -0.2) is 0 Å². The van der Waals surface area contributed by atoms with Gasteiger partial charge >= 0.3 is 0 Å². The summed E-state index contributed by atoms with van der Waals surface area (Å²) >= 11 is 6.76. The van der Waals surface area contributed by atoms with Crippen molar-refractivity contribution in [2.24, 2.45) is 0 Å². The Bertz CT molecular complexity index is 756. The van der Waals surface area contributed by atoms with E-state index in [1.807, 2.05) is 24.3 Å². The van der Waals surface area contributed by atoms with Gasteiger partial charge in [-0.15, -0.1) is 10.2 Å². The van der Waals surface area contributed by atoms with Gasteiger partial charge in [-0.2, -0.15) is 0 Å². The van der Waals surface area contributed by atoms with E-state index in [1.165, 1.54) is 11.1 Å². The fourth-order valence-corrected chi connectivity index (χ4v) is 4.01. The van der Waals surface area contributed by atoms with Crippen LogP contribution in [0.25, 0.3) is 0 Å². The second kappa shape index (κ2) is 7.26. The number of nitrogens with zero attached hydrogens (tertiary/aromatic N) is 2. The van der Waals surface area contributed by atoms with E-state index in [9.17, 15) is 0 Å². The summed E-state index contributed by atoms with van der Waals surface area (Å²) in [5, 5.41) is 12.5. The summed E-state index contributed by atoms with van der Waals surface area (Å²) in [7, 11) is 0. The standard InChI is InChI=1S/C16H14BrN3S2/c1-11-5-7-14(8-6-11)18-15-19-20-16(22-15)21-10-12-3-2-4-13(17)9-12/h2-9H,10H2,1H3,(H,18,19). The summed E-state index contributed by atoms with van der Waals surface area (Å²) in [6, 6.07) is 16.6. The normalized spacial score (nSPS) is 10.6. The SMILES string of the molecule is Cc1ccc(Nc2nnc(SCc3cccc(Br)c3)s2)cc1. The third kappa shape index (κ3) is 4.32. The molecule has 0 fully saturated rings. The van der Waals surface area contributed by atoms with Crippen molar-refractivity contribution >= 4 is 49.8 Å². The molecule has 0 aliphatic carbocycles. The van der Waals surface area contributed by atoms with Gasteiger partial charge in [0.25, 0.3) is 0 Å². The van der Waals surface area contributed by atoms with Crippen LogP contribution < -0.4 is 5.32 Å². The molecule has 0 amide bonds. The summed E-state index contributed by atoms with van der Waals surface area (Å²) < 4.78 is 2.07. The zero-order valence-electron chi connectivity index (χ0n) is 11.9. The van der Waals surface area contributed by atoms with Crippen molar-refractivity contribution in [1.82, 2.24) is 10.2 Å². The molecule has 0 unspecified atom stereocenters. The number of aromatic nitrogens is 2. The molecular weight excluding hydrogens is 378 g/mol. The van der Waals surface area contributed by atoms with Gasteiger partial charge in [0.2, 0.25) is 5.13 Å². The number of aryl methyl sites for hydroxylation is 1. The van der Waals surface area contributed by atoms with Crippen molar-refractivity contribution in [3.8, 4) is 0 Å². The lowest BCUT2D eigenvalue weighted by Crippen LogP contribution is -1.88. The molecule has 6 heteroatoms. The minimum Gasteiger partial charge on any atom is -0.330 e. The van der Waals surface area contributed by atoms with Crippen molar-refractivity contribution in [1.29, 1.82) is 0 Å². The maximum absolute atomic E-state index is 4.22. The summed E-state index contributed by atoms with van der Waals surface area (Å²) in [5.41, 5.74) is 3.54. The first-order valence-corrected chi connectivity index (χ1v) is 9.33. The second-order valence-electron chi connectivity index (χ2n) is 4.78. The Hall–Kier alpha value is -1.37. The van der Waals surface area contributed by atoms with E-state index in [0.717, 1.165) is 25.4 Å². The van der Waals surface area contributed by atoms with Gasteiger partial charge in [0.15, 0.2) is 4.34 Å². The van der Waals surface area contributed by atoms with Gasteiger partial charge in [-0.05, 0) is 36.8 Å². The molecule has 0 spiro atoms. The highest BCUT2D eigenvalue weighted by Gasteiger charge is 2.06. The molecule has 0 atom stereocenters. The molecule has 0 saturated heterocycles. The van der Waals surface area contributed by atoms with Crippen molar-refractivity contribution < 1.29 is 0 Å². The highest BCUT2D eigenvalue weighted by Crippen LogP contribution is 2.30. The topological polar surface area (TPSA) is 37.8 Å². The van der Waals surface area contributed by atoms with E-state index in [2.05, 4.69) is 62.6 Å². The average Bonchev–Trinajstić information content (AvgIpc) is 2.95. The Morgan fingerprint density at radius 2 is 1.95 bits per heavy atom. The molecular formula is C16H14BrN3S2. The Balaban J connectivity index is 1.60. The molecule has 0 aliphatic heterocycles. The third-order valence-corrected chi connectivity index (χ3v) is 5.50. The number of hydrogen-bond acceptors (Lipinski definition) is 5. The van der Waals surface area contributed by atoms with Crippen LogP contribution in [0.5, 0.6) is 0 Å². The maximum Gasteiger partial charge on any atom is 0.210 e. The van der Waals surface area contributed by atoms with Crippen LogP contribution in [0.3, 0.4) is 0 Å². The van der Waals surface area contributed by atoms with Gasteiger partial charge in [0.05, 0.1) is 0 Å². The number of nitrogens with one attached hydrogen (secondary N) is 1. The Kier molecular flexibility index (Phi) is 5.12. The van der Waals surface area contributed by atoms with Gasteiger partial charge in [0.1, 0.15) is 0 Å². The molecule has 0 saturated carbocycles. The number of benzene rings is 2. The lowest BCUT2D eigenvalue weighted by atomic mass is 10.2. The molecule has 0 radical (unpaired) electrons. The Morgan fingerprint density at radius 3 is 2.73 bits per heavy atom. The van der Waals surface area contributed by atoms with Crippen LogP contribution in [-0.4, -0.2) is 10.2 Å².